The third-order valence-electron chi connectivity index (χ3n) is 4.40. The molecule has 0 amide bonds. The van der Waals surface area contributed by atoms with E-state index >= 15 is 0 Å². The maximum atomic E-state index is 13.0. The number of benzene rings is 2. The highest BCUT2D eigenvalue weighted by Crippen LogP contribution is 2.47. The molecular weight excluding hydrogens is 330 g/mol. The van der Waals surface area contributed by atoms with E-state index in [4.69, 9.17) is 0 Å². The summed E-state index contributed by atoms with van der Waals surface area (Å²) in [5.74, 6) is 6.33. The molecule has 3 nitrogen and oxygen atoms in total. The zero-order valence-electron chi connectivity index (χ0n) is 14.6. The Morgan fingerprint density at radius 1 is 1.04 bits per heavy atom. The fourth-order valence-electron chi connectivity index (χ4n) is 2.91. The molecule has 1 heterocycles. The highest BCUT2D eigenvalue weighted by atomic mass is 32.2. The second-order valence-electron chi connectivity index (χ2n) is 6.37. The molecule has 25 heavy (non-hydrogen) atoms. The normalized spacial score (nSPS) is 22.1. The lowest BCUT2D eigenvalue weighted by Crippen LogP contribution is -2.14. The average molecular weight is 353 g/mol. The Hall–Kier alpha value is -2.09. The highest BCUT2D eigenvalue weighted by molar-refractivity contribution is 7.89. The maximum Gasteiger partial charge on any atom is 0.244 e. The minimum Gasteiger partial charge on any atom is -0.207 e. The number of unbranched alkanes of at least 4 members (excludes halogenated alkanes) is 2. The molecule has 1 aliphatic rings. The summed E-state index contributed by atoms with van der Waals surface area (Å²) in [7, 11) is -3.54. The Balaban J connectivity index is 1.90. The first kappa shape index (κ1) is 17.7. The van der Waals surface area contributed by atoms with Gasteiger partial charge in [0, 0.05) is 6.42 Å². The van der Waals surface area contributed by atoms with Gasteiger partial charge in [0.1, 0.15) is 6.04 Å². The van der Waals surface area contributed by atoms with Crippen LogP contribution in [0.1, 0.15) is 43.4 Å². The van der Waals surface area contributed by atoms with Crippen LogP contribution < -0.4 is 0 Å². The van der Waals surface area contributed by atoms with Crippen LogP contribution in [-0.4, -0.2) is 18.8 Å². The fraction of sp³-hybridized carbons (Fsp3) is 0.333. The quantitative estimate of drug-likeness (QED) is 0.456. The van der Waals surface area contributed by atoms with E-state index < -0.39 is 10.0 Å². The summed E-state index contributed by atoms with van der Waals surface area (Å²) in [6, 6.07) is 16.3. The predicted octanol–water partition coefficient (Wildman–Crippen LogP) is 4.30. The number of hydrogen-bond donors (Lipinski definition) is 0. The maximum absolute atomic E-state index is 13.0. The molecule has 0 bridgehead atoms. The van der Waals surface area contributed by atoms with Gasteiger partial charge in [0.05, 0.1) is 10.9 Å². The molecule has 4 heteroatoms. The van der Waals surface area contributed by atoms with Crippen LogP contribution in [0.4, 0.5) is 0 Å². The number of aryl methyl sites for hydroxylation is 1. The SMILES string of the molecule is CCCCC#CC1C(c2ccccc2)N1S(=O)(=O)c1ccc(C)cc1. The van der Waals surface area contributed by atoms with Gasteiger partial charge in [-0.2, -0.15) is 4.31 Å². The van der Waals surface area contributed by atoms with Crippen molar-refractivity contribution in [3.63, 3.8) is 0 Å². The molecule has 0 N–H and O–H groups in total. The van der Waals surface area contributed by atoms with E-state index in [1.165, 1.54) is 4.31 Å². The third kappa shape index (κ3) is 3.78. The van der Waals surface area contributed by atoms with E-state index in [2.05, 4.69) is 18.8 Å². The van der Waals surface area contributed by atoms with Gasteiger partial charge in [-0.05, 0) is 31.0 Å². The molecule has 1 fully saturated rings. The van der Waals surface area contributed by atoms with Crippen molar-refractivity contribution in [1.82, 2.24) is 4.31 Å². The summed E-state index contributed by atoms with van der Waals surface area (Å²) in [5.41, 5.74) is 2.04. The second kappa shape index (κ2) is 7.43. The number of rotatable bonds is 5. The Labute approximate surface area is 150 Å². The molecule has 0 aliphatic carbocycles. The molecular formula is C21H23NO2S. The van der Waals surface area contributed by atoms with Crippen LogP contribution in [0, 0.1) is 18.8 Å². The number of nitrogens with zero attached hydrogens (tertiary/aromatic N) is 1. The van der Waals surface area contributed by atoms with Gasteiger partial charge in [-0.1, -0.05) is 67.3 Å². The largest absolute Gasteiger partial charge is 0.244 e. The second-order valence-corrected chi connectivity index (χ2v) is 8.22. The lowest BCUT2D eigenvalue weighted by atomic mass is 10.1. The number of sulfonamides is 1. The zero-order valence-corrected chi connectivity index (χ0v) is 15.5. The molecule has 130 valence electrons. The molecule has 0 spiro atoms. The molecule has 0 radical (unpaired) electrons. The van der Waals surface area contributed by atoms with Gasteiger partial charge in [-0.15, -0.1) is 5.92 Å². The lowest BCUT2D eigenvalue weighted by molar-refractivity contribution is 0.551. The van der Waals surface area contributed by atoms with Gasteiger partial charge >= 0.3 is 0 Å². The van der Waals surface area contributed by atoms with Crippen LogP contribution in [-0.2, 0) is 10.0 Å². The standard InChI is InChI=1S/C21H23NO2S/c1-3-4-5-9-12-20-21(18-10-7-6-8-11-18)22(20)25(23,24)19-15-13-17(2)14-16-19/h6-8,10-11,13-16,20-21H,3-5H2,1-2H3. The molecule has 3 rings (SSSR count). The Bertz CT molecular complexity index is 877. The molecule has 0 aromatic heterocycles. The van der Waals surface area contributed by atoms with Crippen molar-refractivity contribution in [3.8, 4) is 11.8 Å². The lowest BCUT2D eigenvalue weighted by Gasteiger charge is -2.06. The Morgan fingerprint density at radius 2 is 1.72 bits per heavy atom. The minimum absolute atomic E-state index is 0.193. The monoisotopic (exact) mass is 353 g/mol. The summed E-state index contributed by atoms with van der Waals surface area (Å²) in [5, 5.41) is 0. The first-order valence-electron chi connectivity index (χ1n) is 8.69. The van der Waals surface area contributed by atoms with Crippen LogP contribution >= 0.6 is 0 Å². The first-order chi connectivity index (χ1) is 12.1. The summed E-state index contributed by atoms with van der Waals surface area (Å²) in [6.45, 7) is 4.07. The van der Waals surface area contributed by atoms with Crippen molar-refractivity contribution in [1.29, 1.82) is 0 Å². The van der Waals surface area contributed by atoms with Crippen molar-refractivity contribution in [2.45, 2.75) is 50.1 Å². The molecule has 2 aromatic rings. The van der Waals surface area contributed by atoms with E-state index in [1.807, 2.05) is 49.4 Å². The third-order valence-corrected chi connectivity index (χ3v) is 6.28. The average Bonchev–Trinajstić information content (AvgIpc) is 3.35. The van der Waals surface area contributed by atoms with Crippen molar-refractivity contribution < 1.29 is 8.42 Å². The fourth-order valence-corrected chi connectivity index (χ4v) is 4.58. The van der Waals surface area contributed by atoms with Crippen molar-refractivity contribution in [2.24, 2.45) is 0 Å². The van der Waals surface area contributed by atoms with Gasteiger partial charge in [0.15, 0.2) is 0 Å². The van der Waals surface area contributed by atoms with Crippen LogP contribution in [0.3, 0.4) is 0 Å². The molecule has 3 atom stereocenters. The molecule has 1 saturated heterocycles. The summed E-state index contributed by atoms with van der Waals surface area (Å²) < 4.78 is 27.6. The molecule has 0 saturated carbocycles. The van der Waals surface area contributed by atoms with E-state index in [0.29, 0.717) is 4.90 Å². The van der Waals surface area contributed by atoms with E-state index in [-0.39, 0.29) is 12.1 Å². The van der Waals surface area contributed by atoms with Crippen LogP contribution in [0.25, 0.3) is 0 Å². The zero-order chi connectivity index (χ0) is 17.9. The van der Waals surface area contributed by atoms with Gasteiger partial charge in [0.25, 0.3) is 0 Å². The van der Waals surface area contributed by atoms with E-state index in [0.717, 1.165) is 30.4 Å². The van der Waals surface area contributed by atoms with E-state index in [1.54, 1.807) is 12.1 Å². The van der Waals surface area contributed by atoms with E-state index in [9.17, 15) is 8.42 Å². The first-order valence-corrected chi connectivity index (χ1v) is 10.1. The number of hydrogen-bond acceptors (Lipinski definition) is 2. The van der Waals surface area contributed by atoms with Gasteiger partial charge in [0.2, 0.25) is 10.0 Å². The van der Waals surface area contributed by atoms with Gasteiger partial charge in [-0.25, -0.2) is 8.42 Å². The van der Waals surface area contributed by atoms with Gasteiger partial charge in [-0.3, -0.25) is 0 Å². The van der Waals surface area contributed by atoms with Crippen molar-refractivity contribution in [2.75, 3.05) is 0 Å². The van der Waals surface area contributed by atoms with Gasteiger partial charge < -0.3 is 0 Å². The molecule has 2 aromatic carbocycles. The summed E-state index contributed by atoms with van der Waals surface area (Å²) in [4.78, 5) is 0.330. The molecule has 1 aliphatic heterocycles. The topological polar surface area (TPSA) is 37.1 Å². The Kier molecular flexibility index (Phi) is 5.27. The van der Waals surface area contributed by atoms with Crippen molar-refractivity contribution in [3.05, 3.63) is 65.7 Å². The van der Waals surface area contributed by atoms with Crippen molar-refractivity contribution >= 4 is 10.0 Å². The summed E-state index contributed by atoms with van der Waals surface area (Å²) in [6.07, 6.45) is 2.94. The summed E-state index contributed by atoms with van der Waals surface area (Å²) >= 11 is 0. The Morgan fingerprint density at radius 3 is 2.36 bits per heavy atom. The highest BCUT2D eigenvalue weighted by Gasteiger charge is 2.55. The smallest absolute Gasteiger partial charge is 0.207 e. The predicted molar refractivity (Wildman–Crippen MR) is 100 cm³/mol. The van der Waals surface area contributed by atoms with Crippen LogP contribution in [0.15, 0.2) is 59.5 Å². The van der Waals surface area contributed by atoms with Crippen LogP contribution in [0.2, 0.25) is 0 Å². The minimum atomic E-state index is -3.54. The molecule has 3 unspecified atom stereocenters. The van der Waals surface area contributed by atoms with Crippen LogP contribution in [0.5, 0.6) is 0 Å².